The van der Waals surface area contributed by atoms with Crippen molar-refractivity contribution in [1.82, 2.24) is 5.32 Å². The molecule has 1 atom stereocenters. The number of hydrogen-bond donors (Lipinski definition) is 1. The average Bonchev–Trinajstić information content (AvgIpc) is 3.09. The molecule has 1 fully saturated rings. The maximum Gasteiger partial charge on any atom is 0.00683 e. The molecular weight excluding hydrogens is 218 g/mol. The summed E-state index contributed by atoms with van der Waals surface area (Å²) in [7, 11) is 0. The first-order valence-corrected chi connectivity index (χ1v) is 7.28. The highest BCUT2D eigenvalue weighted by molar-refractivity contribution is 5.27. The number of hydrogen-bond acceptors (Lipinski definition) is 1. The molecule has 18 heavy (non-hydrogen) atoms. The fourth-order valence-corrected chi connectivity index (χ4v) is 2.27. The summed E-state index contributed by atoms with van der Waals surface area (Å²) >= 11 is 0. The van der Waals surface area contributed by atoms with Gasteiger partial charge in [0, 0.05) is 6.04 Å². The molecule has 1 aliphatic rings. The molecule has 1 nitrogen and oxygen atoms in total. The third kappa shape index (κ3) is 4.13. The summed E-state index contributed by atoms with van der Waals surface area (Å²) in [5.41, 5.74) is 3.15. The molecule has 0 radical (unpaired) electrons. The molecule has 0 amide bonds. The van der Waals surface area contributed by atoms with Gasteiger partial charge in [-0.2, -0.15) is 0 Å². The van der Waals surface area contributed by atoms with Crippen molar-refractivity contribution in [3.05, 3.63) is 35.4 Å². The molecule has 100 valence electrons. The van der Waals surface area contributed by atoms with E-state index >= 15 is 0 Å². The third-order valence-electron chi connectivity index (χ3n) is 3.74. The SMILES string of the molecule is CC(CNC1CC1)Cc1ccc(C(C)(C)C)cc1. The first kappa shape index (κ1) is 13.6. The van der Waals surface area contributed by atoms with Crippen LogP contribution in [0.5, 0.6) is 0 Å². The second kappa shape index (κ2) is 5.44. The van der Waals surface area contributed by atoms with Crippen LogP contribution in [0.1, 0.15) is 51.7 Å². The Morgan fingerprint density at radius 1 is 1.17 bits per heavy atom. The van der Waals surface area contributed by atoms with Crippen LogP contribution in [-0.2, 0) is 11.8 Å². The van der Waals surface area contributed by atoms with Crippen molar-refractivity contribution in [2.24, 2.45) is 5.92 Å². The normalized spacial score (nSPS) is 17.8. The minimum atomic E-state index is 0.262. The van der Waals surface area contributed by atoms with Crippen LogP contribution < -0.4 is 5.32 Å². The first-order chi connectivity index (χ1) is 8.45. The van der Waals surface area contributed by atoms with Crippen LogP contribution in [0.15, 0.2) is 24.3 Å². The maximum atomic E-state index is 3.61. The van der Waals surface area contributed by atoms with Crippen molar-refractivity contribution < 1.29 is 0 Å². The van der Waals surface area contributed by atoms with Gasteiger partial charge < -0.3 is 5.32 Å². The molecule has 0 saturated heterocycles. The zero-order valence-corrected chi connectivity index (χ0v) is 12.3. The fraction of sp³-hybridized carbons (Fsp3) is 0.647. The number of nitrogens with one attached hydrogen (secondary N) is 1. The van der Waals surface area contributed by atoms with Crippen molar-refractivity contribution in [3.8, 4) is 0 Å². The minimum absolute atomic E-state index is 0.262. The summed E-state index contributed by atoms with van der Waals surface area (Å²) in [6.07, 6.45) is 3.95. The van der Waals surface area contributed by atoms with Crippen molar-refractivity contribution >= 4 is 0 Å². The van der Waals surface area contributed by atoms with Gasteiger partial charge in [0.25, 0.3) is 0 Å². The van der Waals surface area contributed by atoms with Gasteiger partial charge in [-0.15, -0.1) is 0 Å². The molecule has 0 heterocycles. The lowest BCUT2D eigenvalue weighted by Gasteiger charge is -2.19. The summed E-state index contributed by atoms with van der Waals surface area (Å²) in [5.74, 6) is 0.728. The monoisotopic (exact) mass is 245 g/mol. The van der Waals surface area contributed by atoms with Crippen LogP contribution in [0, 0.1) is 5.92 Å². The van der Waals surface area contributed by atoms with E-state index in [1.54, 1.807) is 0 Å². The fourth-order valence-electron chi connectivity index (χ4n) is 2.27. The van der Waals surface area contributed by atoms with Gasteiger partial charge in [0.05, 0.1) is 0 Å². The molecule has 1 saturated carbocycles. The Hall–Kier alpha value is -0.820. The van der Waals surface area contributed by atoms with Gasteiger partial charge in [-0.3, -0.25) is 0 Å². The van der Waals surface area contributed by atoms with E-state index in [4.69, 9.17) is 0 Å². The summed E-state index contributed by atoms with van der Waals surface area (Å²) in [6.45, 7) is 10.3. The molecule has 0 spiro atoms. The lowest BCUT2D eigenvalue weighted by Crippen LogP contribution is -2.24. The van der Waals surface area contributed by atoms with Crippen molar-refractivity contribution in [2.75, 3.05) is 6.54 Å². The molecule has 0 bridgehead atoms. The maximum absolute atomic E-state index is 3.61. The van der Waals surface area contributed by atoms with Crippen LogP contribution in [0.25, 0.3) is 0 Å². The molecule has 0 aliphatic heterocycles. The van der Waals surface area contributed by atoms with E-state index in [1.807, 2.05) is 0 Å². The second-order valence-corrected chi connectivity index (χ2v) is 6.94. The highest BCUT2D eigenvalue weighted by Crippen LogP contribution is 2.23. The largest absolute Gasteiger partial charge is 0.314 e. The van der Waals surface area contributed by atoms with Gasteiger partial charge in [0.15, 0.2) is 0 Å². The molecule has 1 aromatic carbocycles. The Morgan fingerprint density at radius 2 is 1.78 bits per heavy atom. The van der Waals surface area contributed by atoms with E-state index < -0.39 is 0 Å². The Kier molecular flexibility index (Phi) is 4.11. The molecule has 1 unspecified atom stereocenters. The first-order valence-electron chi connectivity index (χ1n) is 7.28. The number of rotatable bonds is 5. The summed E-state index contributed by atoms with van der Waals surface area (Å²) in [5, 5.41) is 3.61. The van der Waals surface area contributed by atoms with Crippen LogP contribution in [-0.4, -0.2) is 12.6 Å². The summed E-state index contributed by atoms with van der Waals surface area (Å²) in [6, 6.07) is 10.0. The smallest absolute Gasteiger partial charge is 0.00683 e. The van der Waals surface area contributed by atoms with Gasteiger partial charge in [-0.1, -0.05) is 52.0 Å². The lowest BCUT2D eigenvalue weighted by atomic mass is 9.86. The molecule has 1 N–H and O–H groups in total. The van der Waals surface area contributed by atoms with Gasteiger partial charge in [0.1, 0.15) is 0 Å². The van der Waals surface area contributed by atoms with Gasteiger partial charge in [-0.05, 0) is 48.3 Å². The number of benzene rings is 1. The van der Waals surface area contributed by atoms with Gasteiger partial charge in [0.2, 0.25) is 0 Å². The highest BCUT2D eigenvalue weighted by Gasteiger charge is 2.20. The lowest BCUT2D eigenvalue weighted by molar-refractivity contribution is 0.509. The van der Waals surface area contributed by atoms with Crippen molar-refractivity contribution in [1.29, 1.82) is 0 Å². The zero-order valence-electron chi connectivity index (χ0n) is 12.3. The Bertz CT molecular complexity index is 368. The van der Waals surface area contributed by atoms with Gasteiger partial charge >= 0.3 is 0 Å². The Balaban J connectivity index is 1.84. The molecule has 1 heteroatoms. The third-order valence-corrected chi connectivity index (χ3v) is 3.74. The molecule has 1 aromatic rings. The quantitative estimate of drug-likeness (QED) is 0.829. The standard InChI is InChI=1S/C17H27N/c1-13(12-18-16-9-10-16)11-14-5-7-15(8-6-14)17(2,3)4/h5-8,13,16,18H,9-12H2,1-4H3. The highest BCUT2D eigenvalue weighted by atomic mass is 14.9. The van der Waals surface area contributed by atoms with E-state index in [-0.39, 0.29) is 5.41 Å². The van der Waals surface area contributed by atoms with Crippen LogP contribution in [0.4, 0.5) is 0 Å². The predicted molar refractivity (Wildman–Crippen MR) is 79.0 cm³/mol. The van der Waals surface area contributed by atoms with Gasteiger partial charge in [-0.25, -0.2) is 0 Å². The molecular formula is C17H27N. The topological polar surface area (TPSA) is 12.0 Å². The molecule has 1 aliphatic carbocycles. The van der Waals surface area contributed by atoms with Crippen molar-refractivity contribution in [2.45, 2.75) is 58.4 Å². The Labute approximate surface area is 112 Å². The molecule has 0 aromatic heterocycles. The van der Waals surface area contributed by atoms with E-state index in [0.29, 0.717) is 0 Å². The predicted octanol–water partition coefficient (Wildman–Crippen LogP) is 3.91. The average molecular weight is 245 g/mol. The zero-order chi connectivity index (χ0) is 13.2. The Morgan fingerprint density at radius 3 is 2.28 bits per heavy atom. The van der Waals surface area contributed by atoms with E-state index in [1.165, 1.54) is 30.4 Å². The molecule has 2 rings (SSSR count). The van der Waals surface area contributed by atoms with E-state index in [0.717, 1.165) is 18.5 Å². The van der Waals surface area contributed by atoms with E-state index in [9.17, 15) is 0 Å². The van der Waals surface area contributed by atoms with Crippen molar-refractivity contribution in [3.63, 3.8) is 0 Å². The summed E-state index contributed by atoms with van der Waals surface area (Å²) < 4.78 is 0. The minimum Gasteiger partial charge on any atom is -0.314 e. The second-order valence-electron chi connectivity index (χ2n) is 6.94. The summed E-state index contributed by atoms with van der Waals surface area (Å²) in [4.78, 5) is 0. The van der Waals surface area contributed by atoms with Crippen LogP contribution in [0.2, 0.25) is 0 Å². The van der Waals surface area contributed by atoms with Crippen LogP contribution >= 0.6 is 0 Å². The van der Waals surface area contributed by atoms with Crippen LogP contribution in [0.3, 0.4) is 0 Å². The van der Waals surface area contributed by atoms with E-state index in [2.05, 4.69) is 57.3 Å².